The van der Waals surface area contributed by atoms with Crippen LogP contribution in [0.3, 0.4) is 0 Å². The minimum atomic E-state index is -0.827. The van der Waals surface area contributed by atoms with Crippen molar-refractivity contribution < 1.29 is 9.18 Å². The van der Waals surface area contributed by atoms with E-state index in [2.05, 4.69) is 25.7 Å². The van der Waals surface area contributed by atoms with Crippen LogP contribution in [0.25, 0.3) is 11.0 Å². The third-order valence-corrected chi connectivity index (χ3v) is 4.17. The van der Waals surface area contributed by atoms with Gasteiger partial charge in [-0.15, -0.1) is 0 Å². The quantitative estimate of drug-likeness (QED) is 0.491. The van der Waals surface area contributed by atoms with Crippen LogP contribution in [0.5, 0.6) is 0 Å². The summed E-state index contributed by atoms with van der Waals surface area (Å²) in [6.45, 7) is -0.299. The van der Waals surface area contributed by atoms with E-state index in [9.17, 15) is 18.8 Å². The summed E-state index contributed by atoms with van der Waals surface area (Å²) in [6.07, 6.45) is 1.03. The number of fused-ring (bicyclic) bond motifs is 1. The van der Waals surface area contributed by atoms with Crippen molar-refractivity contribution >= 4 is 22.6 Å². The van der Waals surface area contributed by atoms with Crippen molar-refractivity contribution in [2.75, 3.05) is 5.32 Å². The van der Waals surface area contributed by atoms with Gasteiger partial charge in [-0.1, -0.05) is 18.2 Å². The van der Waals surface area contributed by atoms with E-state index in [0.717, 1.165) is 10.8 Å². The Morgan fingerprint density at radius 1 is 1.11 bits per heavy atom. The third-order valence-electron chi connectivity index (χ3n) is 4.17. The van der Waals surface area contributed by atoms with Crippen molar-refractivity contribution in [1.29, 1.82) is 0 Å². The average Bonchev–Trinajstić information content (AvgIpc) is 3.14. The zero-order valence-electron chi connectivity index (χ0n) is 14.3. The molecule has 2 aromatic carbocycles. The van der Waals surface area contributed by atoms with Crippen molar-refractivity contribution in [3.63, 3.8) is 0 Å². The van der Waals surface area contributed by atoms with E-state index in [1.165, 1.54) is 18.2 Å². The molecule has 0 aliphatic carbocycles. The monoisotopic (exact) mass is 380 g/mol. The molecule has 0 radical (unpaired) electrons. The van der Waals surface area contributed by atoms with Crippen molar-refractivity contribution in [2.45, 2.75) is 6.54 Å². The number of hydrogen-bond donors (Lipinski definition) is 3. The third kappa shape index (κ3) is 3.18. The first-order chi connectivity index (χ1) is 13.5. The average molecular weight is 380 g/mol. The highest BCUT2D eigenvalue weighted by Crippen LogP contribution is 2.15. The van der Waals surface area contributed by atoms with Crippen LogP contribution in [-0.2, 0) is 6.54 Å². The Hall–Kier alpha value is -4.08. The molecule has 1 amide bonds. The Labute approximate surface area is 155 Å². The minimum absolute atomic E-state index is 0.157. The summed E-state index contributed by atoms with van der Waals surface area (Å²) >= 11 is 0. The molecule has 0 atom stereocenters. The highest BCUT2D eigenvalue weighted by molar-refractivity contribution is 6.04. The molecule has 10 heteroatoms. The molecule has 0 bridgehead atoms. The number of anilines is 1. The molecule has 0 spiro atoms. The van der Waals surface area contributed by atoms with Gasteiger partial charge in [0.2, 0.25) is 0 Å². The summed E-state index contributed by atoms with van der Waals surface area (Å²) < 4.78 is 14.6. The number of amides is 1. The summed E-state index contributed by atoms with van der Waals surface area (Å²) in [5.41, 5.74) is -0.135. The molecule has 4 rings (SSSR count). The number of benzene rings is 2. The van der Waals surface area contributed by atoms with Crippen LogP contribution in [-0.4, -0.2) is 30.9 Å². The number of halogens is 1. The topological polar surface area (TPSA) is 126 Å². The van der Waals surface area contributed by atoms with Gasteiger partial charge >= 0.3 is 5.69 Å². The van der Waals surface area contributed by atoms with Crippen LogP contribution in [0.2, 0.25) is 0 Å². The second kappa shape index (κ2) is 6.91. The highest BCUT2D eigenvalue weighted by atomic mass is 19.1. The first-order valence-corrected chi connectivity index (χ1v) is 8.21. The molecule has 3 N–H and O–H groups in total. The zero-order valence-corrected chi connectivity index (χ0v) is 14.3. The molecule has 28 heavy (non-hydrogen) atoms. The van der Waals surface area contributed by atoms with Gasteiger partial charge in [0.25, 0.3) is 11.5 Å². The van der Waals surface area contributed by atoms with Gasteiger partial charge < -0.3 is 10.3 Å². The number of aromatic nitrogens is 5. The number of aromatic amines is 2. The van der Waals surface area contributed by atoms with Gasteiger partial charge in [0.1, 0.15) is 22.4 Å². The van der Waals surface area contributed by atoms with E-state index in [1.807, 2.05) is 0 Å². The molecule has 2 heterocycles. The van der Waals surface area contributed by atoms with E-state index in [4.69, 9.17) is 0 Å². The van der Waals surface area contributed by atoms with Crippen LogP contribution in [0.15, 0.2) is 58.3 Å². The summed E-state index contributed by atoms with van der Waals surface area (Å²) in [7, 11) is 0. The van der Waals surface area contributed by atoms with Crippen molar-refractivity contribution in [3.8, 4) is 0 Å². The van der Waals surface area contributed by atoms with E-state index in [1.54, 1.807) is 24.3 Å². The molecule has 0 saturated heterocycles. The van der Waals surface area contributed by atoms with Crippen LogP contribution in [0.1, 0.15) is 15.9 Å². The number of nitrogens with one attached hydrogen (secondary N) is 3. The number of rotatable bonds is 4. The molecule has 9 nitrogen and oxygen atoms in total. The Kier molecular flexibility index (Phi) is 4.28. The lowest BCUT2D eigenvalue weighted by Crippen LogP contribution is -2.39. The maximum atomic E-state index is 13.9. The lowest BCUT2D eigenvalue weighted by molar-refractivity contribution is 0.102. The number of carbonyl (C=O) groups is 1. The van der Waals surface area contributed by atoms with Gasteiger partial charge in [-0.05, 0) is 24.3 Å². The number of hydrogen-bond acceptors (Lipinski definition) is 5. The zero-order chi connectivity index (χ0) is 19.7. The van der Waals surface area contributed by atoms with E-state index < -0.39 is 23.0 Å². The smallest absolute Gasteiger partial charge is 0.322 e. The lowest BCUT2D eigenvalue weighted by atomic mass is 10.2. The molecule has 2 aromatic heterocycles. The lowest BCUT2D eigenvalue weighted by Gasteiger charge is -2.09. The summed E-state index contributed by atoms with van der Waals surface area (Å²) in [6, 6.07) is 10.6. The Morgan fingerprint density at radius 2 is 1.89 bits per heavy atom. The van der Waals surface area contributed by atoms with Gasteiger partial charge in [0.15, 0.2) is 0 Å². The van der Waals surface area contributed by atoms with Crippen LogP contribution < -0.4 is 16.6 Å². The van der Waals surface area contributed by atoms with Gasteiger partial charge in [0.05, 0.1) is 6.54 Å². The van der Waals surface area contributed by atoms with Crippen LogP contribution >= 0.6 is 0 Å². The molecular formula is C18H13FN6O3. The first-order valence-electron chi connectivity index (χ1n) is 8.21. The standard InChI is InChI=1S/C18H13FN6O3/c19-13-4-2-1-3-10(13)9-25-17(27)12(8-20-18(25)28)16(26)21-11-5-6-14-15(7-11)23-24-22-14/h1-8H,9H2,(H,20,28)(H,21,26)(H,22,23,24). The molecule has 0 unspecified atom stereocenters. The fourth-order valence-electron chi connectivity index (χ4n) is 2.73. The molecule has 140 valence electrons. The Morgan fingerprint density at radius 3 is 2.71 bits per heavy atom. The van der Waals surface area contributed by atoms with Crippen molar-refractivity contribution in [1.82, 2.24) is 25.0 Å². The Balaban J connectivity index is 1.66. The van der Waals surface area contributed by atoms with Crippen LogP contribution in [0.4, 0.5) is 10.1 Å². The SMILES string of the molecule is O=C(Nc1ccc2n[nH]nc2c1)c1c[nH]c(=O)n(Cc2ccccc2F)c1=O. The summed E-state index contributed by atoms with van der Waals surface area (Å²) in [5, 5.41) is 12.9. The van der Waals surface area contributed by atoms with Gasteiger partial charge in [-0.2, -0.15) is 15.4 Å². The second-order valence-corrected chi connectivity index (χ2v) is 5.97. The Bertz CT molecular complexity index is 1310. The maximum absolute atomic E-state index is 13.9. The fraction of sp³-hybridized carbons (Fsp3) is 0.0556. The number of carbonyl (C=O) groups excluding carboxylic acids is 1. The van der Waals surface area contributed by atoms with Crippen LogP contribution in [0, 0.1) is 5.82 Å². The largest absolute Gasteiger partial charge is 0.328 e. The molecule has 0 fully saturated rings. The number of nitrogens with zero attached hydrogens (tertiary/aromatic N) is 3. The summed E-state index contributed by atoms with van der Waals surface area (Å²) in [5.74, 6) is -1.27. The molecule has 4 aromatic rings. The van der Waals surface area contributed by atoms with Gasteiger partial charge in [0, 0.05) is 17.4 Å². The first kappa shape index (κ1) is 17.3. The number of H-pyrrole nitrogens is 2. The van der Waals surface area contributed by atoms with Crippen molar-refractivity contribution in [3.05, 3.63) is 86.4 Å². The maximum Gasteiger partial charge on any atom is 0.328 e. The highest BCUT2D eigenvalue weighted by Gasteiger charge is 2.16. The molecule has 0 aliphatic heterocycles. The van der Waals surface area contributed by atoms with Gasteiger partial charge in [-0.3, -0.25) is 14.2 Å². The van der Waals surface area contributed by atoms with E-state index in [-0.39, 0.29) is 17.7 Å². The normalized spacial score (nSPS) is 10.9. The van der Waals surface area contributed by atoms with Gasteiger partial charge in [-0.25, -0.2) is 9.18 Å². The predicted octanol–water partition coefficient (Wildman–Crippen LogP) is 1.25. The predicted molar refractivity (Wildman–Crippen MR) is 98.7 cm³/mol. The molecule has 0 saturated carbocycles. The van der Waals surface area contributed by atoms with Crippen molar-refractivity contribution in [2.24, 2.45) is 0 Å². The van der Waals surface area contributed by atoms with E-state index >= 15 is 0 Å². The molecule has 0 aliphatic rings. The summed E-state index contributed by atoms with van der Waals surface area (Å²) in [4.78, 5) is 39.5. The fourth-order valence-corrected chi connectivity index (χ4v) is 2.73. The molecular weight excluding hydrogens is 367 g/mol. The van der Waals surface area contributed by atoms with E-state index in [0.29, 0.717) is 16.7 Å². The minimum Gasteiger partial charge on any atom is -0.322 e. The second-order valence-electron chi connectivity index (χ2n) is 5.97.